The topological polar surface area (TPSA) is 71.5 Å². The molecule has 0 saturated carbocycles. The lowest BCUT2D eigenvalue weighted by atomic mass is 10.1. The Balaban J connectivity index is 2.03. The first-order chi connectivity index (χ1) is 8.74. The van der Waals surface area contributed by atoms with Gasteiger partial charge in [0.1, 0.15) is 11.8 Å². The minimum atomic E-state index is -0.145. The molecule has 0 amide bonds. The monoisotopic (exact) mass is 238 g/mol. The van der Waals surface area contributed by atoms with Gasteiger partial charge in [-0.1, -0.05) is 29.8 Å². The van der Waals surface area contributed by atoms with Crippen LogP contribution in [-0.2, 0) is 0 Å². The summed E-state index contributed by atoms with van der Waals surface area (Å²) in [7, 11) is 0. The highest BCUT2D eigenvalue weighted by Gasteiger charge is 2.13. The summed E-state index contributed by atoms with van der Waals surface area (Å²) in [6, 6.07) is 7.37. The van der Waals surface area contributed by atoms with Crippen LogP contribution < -0.4 is 0 Å². The number of hydrogen-bond acceptors (Lipinski definition) is 4. The van der Waals surface area contributed by atoms with E-state index in [2.05, 4.69) is 19.9 Å². The zero-order valence-electron chi connectivity index (χ0n) is 9.71. The number of H-pyrrole nitrogens is 1. The van der Waals surface area contributed by atoms with Crippen molar-refractivity contribution in [2.24, 2.45) is 0 Å². The van der Waals surface area contributed by atoms with Gasteiger partial charge in [-0.15, -0.1) is 0 Å². The molecule has 18 heavy (non-hydrogen) atoms. The van der Waals surface area contributed by atoms with Crippen LogP contribution in [0.25, 0.3) is 11.2 Å². The molecule has 2 heterocycles. The second-order valence-corrected chi connectivity index (χ2v) is 4.04. The number of fused-ring (bicyclic) bond motifs is 1. The number of ketones is 1. The van der Waals surface area contributed by atoms with E-state index in [1.165, 1.54) is 6.33 Å². The molecule has 0 aliphatic rings. The fourth-order valence-corrected chi connectivity index (χ4v) is 1.71. The highest BCUT2D eigenvalue weighted by atomic mass is 16.1. The molecule has 2 aromatic heterocycles. The van der Waals surface area contributed by atoms with E-state index in [4.69, 9.17) is 0 Å². The molecule has 0 aliphatic carbocycles. The summed E-state index contributed by atoms with van der Waals surface area (Å²) >= 11 is 0. The van der Waals surface area contributed by atoms with E-state index in [-0.39, 0.29) is 11.6 Å². The number of rotatable bonds is 2. The first-order valence-corrected chi connectivity index (χ1v) is 5.51. The van der Waals surface area contributed by atoms with Crippen LogP contribution in [0.15, 0.2) is 36.8 Å². The van der Waals surface area contributed by atoms with Crippen LogP contribution in [0.3, 0.4) is 0 Å². The number of carbonyl (C=O) groups excluding carboxylic acids is 1. The number of aromatic nitrogens is 4. The predicted octanol–water partition coefficient (Wildman–Crippen LogP) is 1.89. The molecule has 0 fully saturated rings. The summed E-state index contributed by atoms with van der Waals surface area (Å²) in [6.45, 7) is 1.98. The molecular weight excluding hydrogens is 228 g/mol. The van der Waals surface area contributed by atoms with Crippen LogP contribution in [0.2, 0.25) is 0 Å². The maximum Gasteiger partial charge on any atom is 0.228 e. The number of hydrogen-bond donors (Lipinski definition) is 1. The van der Waals surface area contributed by atoms with Gasteiger partial charge in [-0.3, -0.25) is 4.79 Å². The van der Waals surface area contributed by atoms with Crippen molar-refractivity contribution in [2.75, 3.05) is 0 Å². The number of carbonyl (C=O) groups is 1. The molecule has 5 heteroatoms. The maximum absolute atomic E-state index is 12.2. The van der Waals surface area contributed by atoms with Crippen LogP contribution in [-0.4, -0.2) is 25.7 Å². The van der Waals surface area contributed by atoms with E-state index < -0.39 is 0 Å². The summed E-state index contributed by atoms with van der Waals surface area (Å²) in [5.74, 6) is 0.141. The number of imidazole rings is 1. The van der Waals surface area contributed by atoms with Crippen LogP contribution in [0.1, 0.15) is 21.7 Å². The number of nitrogens with one attached hydrogen (secondary N) is 1. The largest absolute Gasteiger partial charge is 0.333 e. The lowest BCUT2D eigenvalue weighted by molar-refractivity contribution is 0.103. The van der Waals surface area contributed by atoms with Gasteiger partial charge in [-0.2, -0.15) is 0 Å². The molecule has 0 atom stereocenters. The van der Waals surface area contributed by atoms with E-state index in [0.717, 1.165) is 5.56 Å². The quantitative estimate of drug-likeness (QED) is 0.692. The van der Waals surface area contributed by atoms with Gasteiger partial charge in [0.15, 0.2) is 11.5 Å². The Kier molecular flexibility index (Phi) is 2.37. The smallest absolute Gasteiger partial charge is 0.228 e. The number of aromatic amines is 1. The van der Waals surface area contributed by atoms with Crippen molar-refractivity contribution in [1.29, 1.82) is 0 Å². The molecule has 1 aromatic carbocycles. The van der Waals surface area contributed by atoms with Gasteiger partial charge in [0, 0.05) is 5.56 Å². The molecule has 0 aliphatic heterocycles. The van der Waals surface area contributed by atoms with E-state index in [9.17, 15) is 4.79 Å². The Hall–Kier alpha value is -2.56. The third-order valence-corrected chi connectivity index (χ3v) is 2.69. The molecular formula is C13H10N4O. The van der Waals surface area contributed by atoms with Gasteiger partial charge in [0.25, 0.3) is 0 Å². The van der Waals surface area contributed by atoms with Crippen LogP contribution in [0, 0.1) is 6.92 Å². The van der Waals surface area contributed by atoms with Gasteiger partial charge in [-0.05, 0) is 6.92 Å². The van der Waals surface area contributed by atoms with Crippen molar-refractivity contribution in [1.82, 2.24) is 19.9 Å². The third-order valence-electron chi connectivity index (χ3n) is 2.69. The fourth-order valence-electron chi connectivity index (χ4n) is 1.71. The van der Waals surface area contributed by atoms with E-state index in [1.54, 1.807) is 18.3 Å². The molecule has 0 bridgehead atoms. The minimum absolute atomic E-state index is 0.145. The van der Waals surface area contributed by atoms with E-state index in [0.29, 0.717) is 16.7 Å². The first-order valence-electron chi connectivity index (χ1n) is 5.51. The molecule has 0 spiro atoms. The van der Waals surface area contributed by atoms with Crippen molar-refractivity contribution in [3.05, 3.63) is 53.7 Å². The number of nitrogens with zero attached hydrogens (tertiary/aromatic N) is 3. The van der Waals surface area contributed by atoms with Crippen molar-refractivity contribution in [3.63, 3.8) is 0 Å². The second-order valence-electron chi connectivity index (χ2n) is 4.04. The Labute approximate surface area is 103 Å². The van der Waals surface area contributed by atoms with Gasteiger partial charge >= 0.3 is 0 Å². The lowest BCUT2D eigenvalue weighted by Crippen LogP contribution is -2.03. The molecule has 88 valence electrons. The molecule has 3 rings (SSSR count). The summed E-state index contributed by atoms with van der Waals surface area (Å²) < 4.78 is 0. The van der Waals surface area contributed by atoms with Crippen molar-refractivity contribution in [3.8, 4) is 0 Å². The van der Waals surface area contributed by atoms with Gasteiger partial charge in [0.05, 0.1) is 6.20 Å². The molecule has 1 N–H and O–H groups in total. The minimum Gasteiger partial charge on any atom is -0.333 e. The Bertz CT molecular complexity index is 682. The van der Waals surface area contributed by atoms with Gasteiger partial charge in [0.2, 0.25) is 5.78 Å². The van der Waals surface area contributed by atoms with Crippen molar-refractivity contribution < 1.29 is 4.79 Å². The number of benzene rings is 1. The summed E-state index contributed by atoms with van der Waals surface area (Å²) in [5, 5.41) is 0. The fraction of sp³-hybridized carbons (Fsp3) is 0.0769. The van der Waals surface area contributed by atoms with Crippen molar-refractivity contribution in [2.45, 2.75) is 6.92 Å². The summed E-state index contributed by atoms with van der Waals surface area (Å²) in [4.78, 5) is 27.1. The Morgan fingerprint density at radius 1 is 1.22 bits per heavy atom. The Morgan fingerprint density at radius 2 is 2.00 bits per heavy atom. The first kappa shape index (κ1) is 10.6. The van der Waals surface area contributed by atoms with Gasteiger partial charge < -0.3 is 4.98 Å². The Morgan fingerprint density at radius 3 is 2.72 bits per heavy atom. The second kappa shape index (κ2) is 4.03. The van der Waals surface area contributed by atoms with Crippen LogP contribution in [0.4, 0.5) is 0 Å². The zero-order chi connectivity index (χ0) is 12.5. The summed E-state index contributed by atoms with van der Waals surface area (Å²) in [6.07, 6.45) is 3.00. The molecule has 0 saturated heterocycles. The standard InChI is InChI=1S/C13H10N4O/c1-8-2-4-9(5-3-8)11(18)13-16-10-6-14-7-15-12(10)17-13/h2-7H,1H3,(H,14,15,16,17). The maximum atomic E-state index is 12.2. The number of aryl methyl sites for hydroxylation is 1. The normalized spacial score (nSPS) is 10.7. The van der Waals surface area contributed by atoms with E-state index in [1.807, 2.05) is 19.1 Å². The third kappa shape index (κ3) is 1.75. The summed E-state index contributed by atoms with van der Waals surface area (Å²) in [5.41, 5.74) is 2.88. The zero-order valence-corrected chi connectivity index (χ0v) is 9.71. The molecule has 5 nitrogen and oxygen atoms in total. The molecule has 0 radical (unpaired) electrons. The molecule has 3 aromatic rings. The molecule has 0 unspecified atom stereocenters. The lowest BCUT2D eigenvalue weighted by Gasteiger charge is -1.97. The predicted molar refractivity (Wildman–Crippen MR) is 66.3 cm³/mol. The van der Waals surface area contributed by atoms with Crippen LogP contribution in [0.5, 0.6) is 0 Å². The van der Waals surface area contributed by atoms with Crippen LogP contribution >= 0.6 is 0 Å². The van der Waals surface area contributed by atoms with E-state index >= 15 is 0 Å². The SMILES string of the molecule is Cc1ccc(C(=O)c2nc3ncncc3[nH]2)cc1. The average Bonchev–Trinajstić information content (AvgIpc) is 2.82. The van der Waals surface area contributed by atoms with Gasteiger partial charge in [-0.25, -0.2) is 15.0 Å². The average molecular weight is 238 g/mol. The van der Waals surface area contributed by atoms with Crippen molar-refractivity contribution >= 4 is 16.9 Å². The highest BCUT2D eigenvalue weighted by molar-refractivity contribution is 6.07. The highest BCUT2D eigenvalue weighted by Crippen LogP contribution is 2.11.